The van der Waals surface area contributed by atoms with Crippen LogP contribution >= 0.6 is 0 Å². The number of nitrogens with one attached hydrogen (secondary N) is 1. The lowest BCUT2D eigenvalue weighted by atomic mass is 10.2. The highest BCUT2D eigenvalue weighted by atomic mass is 19.3. The van der Waals surface area contributed by atoms with Gasteiger partial charge in [0.1, 0.15) is 0 Å². The predicted octanol–water partition coefficient (Wildman–Crippen LogP) is 2.43. The Morgan fingerprint density at radius 1 is 1.23 bits per heavy atom. The summed E-state index contributed by atoms with van der Waals surface area (Å²) in [5.41, 5.74) is 1.02. The molecule has 0 radical (unpaired) electrons. The fourth-order valence-electron chi connectivity index (χ4n) is 1.02. The van der Waals surface area contributed by atoms with Crippen LogP contribution in [0.2, 0.25) is 0 Å². The van der Waals surface area contributed by atoms with Crippen molar-refractivity contribution in [1.29, 1.82) is 0 Å². The fraction of sp³-hybridized carbons (Fsp3) is 0.400. The molecule has 13 heavy (non-hydrogen) atoms. The van der Waals surface area contributed by atoms with Crippen LogP contribution in [-0.4, -0.2) is 12.5 Å². The Bertz CT molecular complexity index is 241. The van der Waals surface area contributed by atoms with Crippen LogP contribution in [-0.2, 0) is 6.54 Å². The van der Waals surface area contributed by atoms with Crippen LogP contribution in [0.5, 0.6) is 0 Å². The summed E-state index contributed by atoms with van der Waals surface area (Å²) in [6, 6.07) is 9.49. The molecule has 0 aromatic heterocycles. The number of hydrogen-bond acceptors (Lipinski definition) is 1. The molecule has 0 saturated carbocycles. The van der Waals surface area contributed by atoms with Crippen molar-refractivity contribution in [3.05, 3.63) is 35.9 Å². The quantitative estimate of drug-likeness (QED) is 0.759. The SMILES string of the molecule is CC(F)(F)CNCc1ccccc1. The second-order valence-electron chi connectivity index (χ2n) is 3.16. The van der Waals surface area contributed by atoms with Crippen molar-refractivity contribution < 1.29 is 8.78 Å². The Morgan fingerprint density at radius 2 is 1.85 bits per heavy atom. The van der Waals surface area contributed by atoms with Gasteiger partial charge < -0.3 is 5.32 Å². The molecule has 0 amide bonds. The molecule has 0 saturated heterocycles. The molecular formula is C10H13F2N. The highest BCUT2D eigenvalue weighted by Gasteiger charge is 2.19. The lowest BCUT2D eigenvalue weighted by Crippen LogP contribution is -2.29. The van der Waals surface area contributed by atoms with E-state index in [1.807, 2.05) is 30.3 Å². The van der Waals surface area contributed by atoms with Gasteiger partial charge in [0, 0.05) is 13.5 Å². The first-order valence-electron chi connectivity index (χ1n) is 4.20. The van der Waals surface area contributed by atoms with Crippen molar-refractivity contribution in [1.82, 2.24) is 5.32 Å². The highest BCUT2D eigenvalue weighted by molar-refractivity contribution is 5.14. The van der Waals surface area contributed by atoms with Gasteiger partial charge in [-0.15, -0.1) is 0 Å². The molecule has 0 unspecified atom stereocenters. The minimum absolute atomic E-state index is 0.276. The first kappa shape index (κ1) is 10.1. The fourth-order valence-corrected chi connectivity index (χ4v) is 1.02. The third-order valence-electron chi connectivity index (χ3n) is 1.61. The minimum atomic E-state index is -2.63. The Balaban J connectivity index is 2.29. The van der Waals surface area contributed by atoms with Crippen molar-refractivity contribution >= 4 is 0 Å². The zero-order valence-electron chi connectivity index (χ0n) is 7.56. The zero-order valence-corrected chi connectivity index (χ0v) is 7.56. The summed E-state index contributed by atoms with van der Waals surface area (Å²) in [5, 5.41) is 2.69. The molecule has 0 aliphatic heterocycles. The maximum atomic E-state index is 12.4. The molecule has 0 aliphatic rings. The maximum Gasteiger partial charge on any atom is 0.257 e. The van der Waals surface area contributed by atoms with Gasteiger partial charge >= 0.3 is 0 Å². The van der Waals surface area contributed by atoms with Crippen molar-refractivity contribution in [3.63, 3.8) is 0 Å². The Hall–Kier alpha value is -0.960. The molecule has 3 heteroatoms. The molecule has 1 aromatic rings. The summed E-state index contributed by atoms with van der Waals surface area (Å²) in [6.45, 7) is 1.12. The van der Waals surface area contributed by atoms with Crippen LogP contribution in [0.1, 0.15) is 12.5 Å². The molecule has 0 fully saturated rings. The number of rotatable bonds is 4. The van der Waals surface area contributed by atoms with E-state index in [9.17, 15) is 8.78 Å². The summed E-state index contributed by atoms with van der Waals surface area (Å²) >= 11 is 0. The van der Waals surface area contributed by atoms with Crippen LogP contribution in [0.4, 0.5) is 8.78 Å². The molecular weight excluding hydrogens is 172 g/mol. The average Bonchev–Trinajstić information content (AvgIpc) is 2.04. The third kappa shape index (κ3) is 4.58. The van der Waals surface area contributed by atoms with Gasteiger partial charge in [0.15, 0.2) is 0 Å². The summed E-state index contributed by atoms with van der Waals surface area (Å²) in [6.07, 6.45) is 0. The third-order valence-corrected chi connectivity index (χ3v) is 1.61. The number of hydrogen-bond donors (Lipinski definition) is 1. The monoisotopic (exact) mass is 185 g/mol. The topological polar surface area (TPSA) is 12.0 Å². The summed E-state index contributed by atoms with van der Waals surface area (Å²) < 4.78 is 24.7. The van der Waals surface area contributed by atoms with Gasteiger partial charge in [-0.05, 0) is 5.56 Å². The van der Waals surface area contributed by atoms with Gasteiger partial charge in [-0.2, -0.15) is 0 Å². The summed E-state index contributed by atoms with van der Waals surface area (Å²) in [7, 11) is 0. The lowest BCUT2D eigenvalue weighted by Gasteiger charge is -2.10. The van der Waals surface area contributed by atoms with E-state index >= 15 is 0 Å². The first-order chi connectivity index (χ1) is 6.08. The van der Waals surface area contributed by atoms with E-state index in [1.165, 1.54) is 0 Å². The number of benzene rings is 1. The Morgan fingerprint density at radius 3 is 2.38 bits per heavy atom. The first-order valence-corrected chi connectivity index (χ1v) is 4.20. The zero-order chi connectivity index (χ0) is 9.73. The van der Waals surface area contributed by atoms with Gasteiger partial charge in [-0.1, -0.05) is 30.3 Å². The van der Waals surface area contributed by atoms with Crippen molar-refractivity contribution in [3.8, 4) is 0 Å². The molecule has 1 nitrogen and oxygen atoms in total. The van der Waals surface area contributed by atoms with E-state index in [-0.39, 0.29) is 6.54 Å². The number of halogens is 2. The van der Waals surface area contributed by atoms with Gasteiger partial charge in [-0.3, -0.25) is 0 Å². The van der Waals surface area contributed by atoms with E-state index in [2.05, 4.69) is 5.32 Å². The summed E-state index contributed by atoms with van der Waals surface area (Å²) in [5.74, 6) is -2.63. The van der Waals surface area contributed by atoms with Crippen molar-refractivity contribution in [2.24, 2.45) is 0 Å². The average molecular weight is 185 g/mol. The smallest absolute Gasteiger partial charge is 0.257 e. The normalized spacial score (nSPS) is 11.6. The molecule has 0 heterocycles. The number of alkyl halides is 2. The molecule has 0 bridgehead atoms. The van der Waals surface area contributed by atoms with E-state index in [4.69, 9.17) is 0 Å². The van der Waals surface area contributed by atoms with Crippen LogP contribution in [0.25, 0.3) is 0 Å². The van der Waals surface area contributed by atoms with E-state index in [0.717, 1.165) is 12.5 Å². The van der Waals surface area contributed by atoms with Crippen molar-refractivity contribution in [2.45, 2.75) is 19.4 Å². The largest absolute Gasteiger partial charge is 0.307 e. The highest BCUT2D eigenvalue weighted by Crippen LogP contribution is 2.09. The van der Waals surface area contributed by atoms with E-state index in [1.54, 1.807) is 0 Å². The van der Waals surface area contributed by atoms with Crippen LogP contribution in [0.15, 0.2) is 30.3 Å². The molecule has 0 spiro atoms. The Labute approximate surface area is 76.8 Å². The van der Waals surface area contributed by atoms with Crippen LogP contribution in [0.3, 0.4) is 0 Å². The molecule has 1 N–H and O–H groups in total. The second kappa shape index (κ2) is 4.33. The molecule has 0 aliphatic carbocycles. The van der Waals surface area contributed by atoms with E-state index < -0.39 is 5.92 Å². The van der Waals surface area contributed by atoms with Crippen LogP contribution in [0, 0.1) is 0 Å². The lowest BCUT2D eigenvalue weighted by molar-refractivity contribution is 0.0224. The van der Waals surface area contributed by atoms with Crippen LogP contribution < -0.4 is 5.32 Å². The van der Waals surface area contributed by atoms with E-state index in [0.29, 0.717) is 6.54 Å². The molecule has 1 aromatic carbocycles. The minimum Gasteiger partial charge on any atom is -0.307 e. The standard InChI is InChI=1S/C10H13F2N/c1-10(11,12)8-13-7-9-5-3-2-4-6-9/h2-6,13H,7-8H2,1H3. The van der Waals surface area contributed by atoms with Gasteiger partial charge in [-0.25, -0.2) is 8.78 Å². The van der Waals surface area contributed by atoms with Crippen molar-refractivity contribution in [2.75, 3.05) is 6.54 Å². The Kier molecular flexibility index (Phi) is 3.37. The van der Waals surface area contributed by atoms with Gasteiger partial charge in [0.2, 0.25) is 0 Å². The van der Waals surface area contributed by atoms with Gasteiger partial charge in [0.05, 0.1) is 6.54 Å². The molecule has 72 valence electrons. The van der Waals surface area contributed by atoms with Gasteiger partial charge in [0.25, 0.3) is 5.92 Å². The maximum absolute atomic E-state index is 12.4. The molecule has 0 atom stereocenters. The predicted molar refractivity (Wildman–Crippen MR) is 48.8 cm³/mol. The second-order valence-corrected chi connectivity index (χ2v) is 3.16. The summed E-state index contributed by atoms with van der Waals surface area (Å²) in [4.78, 5) is 0. The molecule has 1 rings (SSSR count).